The highest BCUT2D eigenvalue weighted by molar-refractivity contribution is 5.29. The van der Waals surface area contributed by atoms with Gasteiger partial charge in [0.25, 0.3) is 0 Å². The Kier molecular flexibility index (Phi) is 4.47. The summed E-state index contributed by atoms with van der Waals surface area (Å²) in [5.41, 5.74) is 7.50. The van der Waals surface area contributed by atoms with E-state index in [2.05, 4.69) is 31.0 Å². The van der Waals surface area contributed by atoms with Crippen LogP contribution >= 0.6 is 0 Å². The molecule has 1 saturated carbocycles. The normalized spacial score (nSPS) is 18.6. The van der Waals surface area contributed by atoms with Crippen LogP contribution in [0.5, 0.6) is 5.75 Å². The Morgan fingerprint density at radius 2 is 2.21 bits per heavy atom. The summed E-state index contributed by atoms with van der Waals surface area (Å²) in [5.74, 6) is 2.08. The van der Waals surface area contributed by atoms with Crippen LogP contribution in [0.15, 0.2) is 6.20 Å². The van der Waals surface area contributed by atoms with E-state index in [0.717, 1.165) is 30.5 Å². The van der Waals surface area contributed by atoms with Crippen LogP contribution in [0.3, 0.4) is 0 Å². The number of aromatic nitrogens is 2. The molecule has 0 saturated heterocycles. The maximum absolute atomic E-state index is 6.45. The molecule has 2 atom stereocenters. The Morgan fingerprint density at radius 3 is 2.74 bits per heavy atom. The van der Waals surface area contributed by atoms with E-state index in [1.165, 1.54) is 12.8 Å². The molecule has 1 fully saturated rings. The molecule has 0 spiro atoms. The number of hydrogen-bond acceptors (Lipinski definition) is 4. The van der Waals surface area contributed by atoms with E-state index in [1.54, 1.807) is 13.3 Å². The molecule has 0 bridgehead atoms. The molecule has 0 amide bonds. The summed E-state index contributed by atoms with van der Waals surface area (Å²) in [7, 11) is 5.81. The van der Waals surface area contributed by atoms with Crippen molar-refractivity contribution >= 4 is 0 Å². The van der Waals surface area contributed by atoms with Gasteiger partial charge in [-0.15, -0.1) is 0 Å². The second-order valence-corrected chi connectivity index (χ2v) is 5.85. The van der Waals surface area contributed by atoms with Crippen molar-refractivity contribution in [2.75, 3.05) is 27.7 Å². The summed E-state index contributed by atoms with van der Waals surface area (Å²) in [6, 6.07) is 0.00659. The van der Waals surface area contributed by atoms with Crippen LogP contribution in [0.2, 0.25) is 0 Å². The molecule has 108 valence electrons. The Balaban J connectivity index is 2.17. The molecule has 5 heteroatoms. The summed E-state index contributed by atoms with van der Waals surface area (Å²) in [6.45, 7) is 4.03. The van der Waals surface area contributed by atoms with Gasteiger partial charge >= 0.3 is 0 Å². The summed E-state index contributed by atoms with van der Waals surface area (Å²) in [6.07, 6.45) is 4.40. The quantitative estimate of drug-likeness (QED) is 0.812. The lowest BCUT2D eigenvalue weighted by atomic mass is 9.94. The Hall–Kier alpha value is -1.07. The largest absolute Gasteiger partial charge is 0.493 e. The molecule has 2 rings (SSSR count). The highest BCUT2D eigenvalue weighted by Gasteiger charge is 2.35. The van der Waals surface area contributed by atoms with E-state index in [4.69, 9.17) is 10.5 Å². The average molecular weight is 266 g/mol. The van der Waals surface area contributed by atoms with Gasteiger partial charge in [-0.1, -0.05) is 6.92 Å². The fraction of sp³-hybridized carbons (Fsp3) is 0.786. The Bertz CT molecular complexity index is 412. The zero-order chi connectivity index (χ0) is 14.0. The summed E-state index contributed by atoms with van der Waals surface area (Å²) in [5, 5.41) is 4.43. The predicted octanol–water partition coefficient (Wildman–Crippen LogP) is 1.50. The zero-order valence-corrected chi connectivity index (χ0v) is 12.5. The third kappa shape index (κ3) is 3.28. The molecule has 2 N–H and O–H groups in total. The molecule has 0 aromatic carbocycles. The van der Waals surface area contributed by atoms with Crippen molar-refractivity contribution in [3.05, 3.63) is 11.9 Å². The van der Waals surface area contributed by atoms with Crippen molar-refractivity contribution < 1.29 is 4.74 Å². The number of likely N-dealkylation sites (N-methyl/N-ethyl adjacent to an activating group) is 1. The molecular weight excluding hydrogens is 240 g/mol. The van der Waals surface area contributed by atoms with Crippen molar-refractivity contribution in [2.45, 2.75) is 32.4 Å². The lowest BCUT2D eigenvalue weighted by molar-refractivity contribution is 0.337. The third-order valence-corrected chi connectivity index (χ3v) is 4.07. The molecule has 1 heterocycles. The second-order valence-electron chi connectivity index (χ2n) is 5.85. The molecular formula is C14H26N4O. The van der Waals surface area contributed by atoms with E-state index >= 15 is 0 Å². The standard InChI is InChI=1S/C14H26N4O/c1-10(11-5-6-11)13(15)14-12(19-4)9-16-18(14)8-7-17(2)3/h9-11,13H,5-8,15H2,1-4H3. The van der Waals surface area contributed by atoms with Crippen LogP contribution in [0.4, 0.5) is 0 Å². The summed E-state index contributed by atoms with van der Waals surface area (Å²) in [4.78, 5) is 2.15. The monoisotopic (exact) mass is 266 g/mol. The highest BCUT2D eigenvalue weighted by Crippen LogP contribution is 2.43. The highest BCUT2D eigenvalue weighted by atomic mass is 16.5. The minimum atomic E-state index is 0.00659. The molecule has 1 aromatic heterocycles. The first kappa shape index (κ1) is 14.3. The second kappa shape index (κ2) is 5.92. The van der Waals surface area contributed by atoms with Crippen molar-refractivity contribution in [3.8, 4) is 5.75 Å². The van der Waals surface area contributed by atoms with E-state index in [0.29, 0.717) is 5.92 Å². The number of nitrogens with two attached hydrogens (primary N) is 1. The van der Waals surface area contributed by atoms with Gasteiger partial charge in [0.1, 0.15) is 0 Å². The number of hydrogen-bond donors (Lipinski definition) is 1. The van der Waals surface area contributed by atoms with Gasteiger partial charge in [0, 0.05) is 6.54 Å². The predicted molar refractivity (Wildman–Crippen MR) is 76.1 cm³/mol. The summed E-state index contributed by atoms with van der Waals surface area (Å²) >= 11 is 0. The van der Waals surface area contributed by atoms with Gasteiger partial charge < -0.3 is 15.4 Å². The van der Waals surface area contributed by atoms with Crippen LogP contribution < -0.4 is 10.5 Å². The fourth-order valence-electron chi connectivity index (χ4n) is 2.51. The smallest absolute Gasteiger partial charge is 0.161 e. The molecule has 5 nitrogen and oxygen atoms in total. The minimum absolute atomic E-state index is 0.00659. The zero-order valence-electron chi connectivity index (χ0n) is 12.5. The van der Waals surface area contributed by atoms with Gasteiger partial charge in [-0.05, 0) is 38.8 Å². The van der Waals surface area contributed by atoms with Crippen LogP contribution in [-0.4, -0.2) is 42.4 Å². The summed E-state index contributed by atoms with van der Waals surface area (Å²) < 4.78 is 7.43. The molecule has 1 aromatic rings. The maximum atomic E-state index is 6.45. The Morgan fingerprint density at radius 1 is 1.53 bits per heavy atom. The number of methoxy groups -OCH3 is 1. The lowest BCUT2D eigenvalue weighted by Gasteiger charge is -2.22. The molecule has 19 heavy (non-hydrogen) atoms. The van der Waals surface area contributed by atoms with E-state index in [9.17, 15) is 0 Å². The maximum Gasteiger partial charge on any atom is 0.161 e. The lowest BCUT2D eigenvalue weighted by Crippen LogP contribution is -2.27. The average Bonchev–Trinajstić information content (AvgIpc) is 3.14. The van der Waals surface area contributed by atoms with E-state index < -0.39 is 0 Å². The number of ether oxygens (including phenoxy) is 1. The van der Waals surface area contributed by atoms with Crippen molar-refractivity contribution in [1.29, 1.82) is 0 Å². The first-order chi connectivity index (χ1) is 9.04. The van der Waals surface area contributed by atoms with Crippen molar-refractivity contribution in [1.82, 2.24) is 14.7 Å². The van der Waals surface area contributed by atoms with Crippen LogP contribution in [0.25, 0.3) is 0 Å². The molecule has 0 aliphatic heterocycles. The van der Waals surface area contributed by atoms with E-state index in [1.807, 2.05) is 4.68 Å². The molecule has 2 unspecified atom stereocenters. The van der Waals surface area contributed by atoms with Gasteiger partial charge in [-0.3, -0.25) is 4.68 Å². The van der Waals surface area contributed by atoms with Gasteiger partial charge in [0.05, 0.1) is 31.6 Å². The van der Waals surface area contributed by atoms with Crippen molar-refractivity contribution in [3.63, 3.8) is 0 Å². The van der Waals surface area contributed by atoms with Gasteiger partial charge in [-0.2, -0.15) is 5.10 Å². The minimum Gasteiger partial charge on any atom is -0.493 e. The Labute approximate surface area is 115 Å². The molecule has 1 aliphatic carbocycles. The van der Waals surface area contributed by atoms with E-state index in [-0.39, 0.29) is 6.04 Å². The first-order valence-corrected chi connectivity index (χ1v) is 7.04. The number of rotatable bonds is 7. The van der Waals surface area contributed by atoms with Gasteiger partial charge in [0.15, 0.2) is 5.75 Å². The van der Waals surface area contributed by atoms with Gasteiger partial charge in [-0.25, -0.2) is 0 Å². The SMILES string of the molecule is COc1cnn(CCN(C)C)c1C(N)C(C)C1CC1. The van der Waals surface area contributed by atoms with Crippen molar-refractivity contribution in [2.24, 2.45) is 17.6 Å². The fourth-order valence-corrected chi connectivity index (χ4v) is 2.51. The van der Waals surface area contributed by atoms with Crippen LogP contribution in [0, 0.1) is 11.8 Å². The molecule has 0 radical (unpaired) electrons. The van der Waals surface area contributed by atoms with Crippen LogP contribution in [-0.2, 0) is 6.54 Å². The topological polar surface area (TPSA) is 56.3 Å². The number of nitrogens with zero attached hydrogens (tertiary/aromatic N) is 3. The van der Waals surface area contributed by atoms with Crippen LogP contribution in [0.1, 0.15) is 31.5 Å². The third-order valence-electron chi connectivity index (χ3n) is 4.07. The first-order valence-electron chi connectivity index (χ1n) is 7.04. The molecule has 1 aliphatic rings. The van der Waals surface area contributed by atoms with Gasteiger partial charge in [0.2, 0.25) is 0 Å².